The number of aliphatic hydroxyl groups is 1. The Hall–Kier alpha value is -3.85. The number of carbonyl (C=O) groups is 2. The number of nitro groups is 1. The lowest BCUT2D eigenvalue weighted by molar-refractivity contribution is -0.393. The average Bonchev–Trinajstić information content (AvgIpc) is 3.69. The fraction of sp³-hybridized carbons (Fsp3) is 0.375. The maximum Gasteiger partial charge on any atom is 0.490 e. The molecule has 2 aromatic carbocycles. The van der Waals surface area contributed by atoms with Crippen molar-refractivity contribution < 1.29 is 70.8 Å². The lowest BCUT2D eigenvalue weighted by Crippen LogP contribution is -2.26. The summed E-state index contributed by atoms with van der Waals surface area (Å²) in [5.74, 6) is 4.75. The molecule has 1 fully saturated rings. The molecule has 1 aliphatic rings. The zero-order valence-electron chi connectivity index (χ0n) is 28.4. The number of aromatic nitrogens is 1. The van der Waals surface area contributed by atoms with Gasteiger partial charge in [-0.1, -0.05) is 79.3 Å². The number of hydrogen-bond acceptors (Lipinski definition) is 12. The highest BCUT2D eigenvalue weighted by atomic mass is 31.3. The summed E-state index contributed by atoms with van der Waals surface area (Å²) in [6.45, 7) is -0.996. The van der Waals surface area contributed by atoms with E-state index in [9.17, 15) is 48.3 Å². The van der Waals surface area contributed by atoms with Gasteiger partial charge in [-0.25, -0.2) is 18.3 Å². The van der Waals surface area contributed by atoms with Gasteiger partial charge in [-0.05, 0) is 28.9 Å². The van der Waals surface area contributed by atoms with Crippen LogP contribution in [0.25, 0.3) is 11.1 Å². The van der Waals surface area contributed by atoms with Crippen molar-refractivity contribution in [1.82, 2.24) is 9.88 Å². The number of ketones is 1. The van der Waals surface area contributed by atoms with E-state index in [2.05, 4.69) is 30.3 Å². The molecule has 0 saturated carbocycles. The first-order valence-corrected chi connectivity index (χ1v) is 20.9. The van der Waals surface area contributed by atoms with Crippen LogP contribution in [0.4, 0.5) is 5.82 Å². The molecule has 6 N–H and O–H groups in total. The number of Topliss-reactive ketones (excluding diaryl/α,β-unsaturated/α-hetero) is 1. The van der Waals surface area contributed by atoms with Gasteiger partial charge in [0.25, 0.3) is 0 Å². The summed E-state index contributed by atoms with van der Waals surface area (Å²) in [6, 6.07) is 18.5. The Morgan fingerprint density at radius 1 is 0.926 bits per heavy atom. The third-order valence-corrected chi connectivity index (χ3v) is 11.6. The monoisotopic (exact) mass is 813 g/mol. The van der Waals surface area contributed by atoms with Crippen LogP contribution in [-0.4, -0.2) is 71.2 Å². The number of benzene rings is 2. The summed E-state index contributed by atoms with van der Waals surface area (Å²) in [7, 11) is -16.9. The van der Waals surface area contributed by atoms with Gasteiger partial charge < -0.3 is 44.8 Å². The first-order valence-electron chi connectivity index (χ1n) is 16.3. The Kier molecular flexibility index (Phi) is 15.2. The Balaban J connectivity index is 1.17. The van der Waals surface area contributed by atoms with E-state index < -0.39 is 59.3 Å². The lowest BCUT2D eigenvalue weighted by atomic mass is 10.00. The maximum absolute atomic E-state index is 12.6. The van der Waals surface area contributed by atoms with Crippen molar-refractivity contribution in [3.8, 4) is 23.0 Å². The lowest BCUT2D eigenvalue weighted by Gasteiger charge is -2.18. The van der Waals surface area contributed by atoms with E-state index >= 15 is 0 Å². The molecule has 0 spiro atoms. The number of ether oxygens (including phenoxy) is 1. The van der Waals surface area contributed by atoms with Crippen molar-refractivity contribution >= 4 is 41.0 Å². The van der Waals surface area contributed by atoms with Crippen molar-refractivity contribution in [2.45, 2.75) is 63.4 Å². The van der Waals surface area contributed by atoms with Crippen LogP contribution in [0.5, 0.6) is 0 Å². The molecule has 2 heterocycles. The third kappa shape index (κ3) is 13.8. The molecule has 1 amide bonds. The summed E-state index contributed by atoms with van der Waals surface area (Å²) < 4.78 is 52.6. The fourth-order valence-corrected chi connectivity index (χ4v) is 8.38. The topological polar surface area (TPSA) is 284 Å². The molecule has 0 radical (unpaired) electrons. The van der Waals surface area contributed by atoms with Crippen LogP contribution in [-0.2, 0) is 36.4 Å². The van der Waals surface area contributed by atoms with E-state index in [0.29, 0.717) is 24.8 Å². The van der Waals surface area contributed by atoms with Gasteiger partial charge in [0.1, 0.15) is 12.3 Å². The molecule has 3 unspecified atom stereocenters. The molecular formula is C32H38N3O16P3. The minimum absolute atomic E-state index is 0.0450. The van der Waals surface area contributed by atoms with Gasteiger partial charge in [0, 0.05) is 24.8 Å². The van der Waals surface area contributed by atoms with Crippen LogP contribution < -0.4 is 5.32 Å². The molecule has 5 atom stereocenters. The Morgan fingerprint density at radius 2 is 1.57 bits per heavy atom. The number of phosphoric ester groups is 1. The Labute approximate surface area is 308 Å². The van der Waals surface area contributed by atoms with E-state index in [4.69, 9.17) is 14.5 Å². The van der Waals surface area contributed by atoms with Crippen molar-refractivity contribution in [3.05, 3.63) is 88.1 Å². The minimum Gasteiger partial charge on any atom is -0.390 e. The molecule has 1 saturated heterocycles. The fourth-order valence-electron chi connectivity index (χ4n) is 5.35. The molecule has 54 heavy (non-hydrogen) atoms. The van der Waals surface area contributed by atoms with Crippen LogP contribution in [0, 0.1) is 22.0 Å². The quantitative estimate of drug-likeness (QED) is 0.0238. The number of unbranched alkanes of at least 4 members (excludes halogenated alkanes) is 3. The van der Waals surface area contributed by atoms with E-state index in [-0.39, 0.29) is 36.6 Å². The van der Waals surface area contributed by atoms with Gasteiger partial charge in [-0.2, -0.15) is 8.62 Å². The second-order valence-electron chi connectivity index (χ2n) is 11.9. The zero-order valence-corrected chi connectivity index (χ0v) is 31.1. The summed E-state index contributed by atoms with van der Waals surface area (Å²) in [5, 5.41) is 24.7. The highest BCUT2D eigenvalue weighted by Crippen LogP contribution is 2.66. The predicted octanol–water partition coefficient (Wildman–Crippen LogP) is 4.75. The normalized spacial score (nSPS) is 19.2. The van der Waals surface area contributed by atoms with Gasteiger partial charge in [0.2, 0.25) is 12.1 Å². The molecule has 1 aliphatic heterocycles. The van der Waals surface area contributed by atoms with Crippen molar-refractivity contribution in [3.63, 3.8) is 0 Å². The first kappa shape index (κ1) is 42.9. The van der Waals surface area contributed by atoms with Crippen LogP contribution in [0.1, 0.15) is 67.1 Å². The number of rotatable bonds is 19. The van der Waals surface area contributed by atoms with E-state index in [1.807, 2.05) is 54.6 Å². The zero-order chi connectivity index (χ0) is 39.5. The van der Waals surface area contributed by atoms with E-state index in [0.717, 1.165) is 34.6 Å². The van der Waals surface area contributed by atoms with Crippen molar-refractivity contribution in [1.29, 1.82) is 0 Å². The largest absolute Gasteiger partial charge is 0.490 e. The predicted molar refractivity (Wildman–Crippen MR) is 189 cm³/mol. The van der Waals surface area contributed by atoms with E-state index in [1.54, 1.807) is 0 Å². The van der Waals surface area contributed by atoms with Crippen LogP contribution >= 0.6 is 23.5 Å². The molecule has 4 rings (SSSR count). The Bertz CT molecular complexity index is 1990. The smallest absolute Gasteiger partial charge is 0.390 e. The number of hydrogen-bond donors (Lipinski definition) is 6. The molecule has 0 bridgehead atoms. The number of nitrogens with one attached hydrogen (secondary N) is 1. The molecule has 22 heteroatoms. The number of phosphoric acid groups is 3. The van der Waals surface area contributed by atoms with Gasteiger partial charge in [-0.3, -0.25) is 14.1 Å². The molecule has 0 aliphatic carbocycles. The average molecular weight is 814 g/mol. The highest BCUT2D eigenvalue weighted by molar-refractivity contribution is 7.66. The van der Waals surface area contributed by atoms with Crippen LogP contribution in [0.15, 0.2) is 66.9 Å². The summed E-state index contributed by atoms with van der Waals surface area (Å²) in [6.07, 6.45) is 0.517. The number of nitrogens with zero attached hydrogens (tertiary/aromatic N) is 2. The highest BCUT2D eigenvalue weighted by Gasteiger charge is 2.44. The van der Waals surface area contributed by atoms with Crippen molar-refractivity contribution in [2.24, 2.45) is 0 Å². The minimum atomic E-state index is -5.76. The SMILES string of the molecule is O=C(CCCCCCC(=O)c1ccc(-c2ccccc2)cc1)NCC#Cc1cc([N+](=O)[O-])n([C@H]2CC(O)[C@@H](COP(=O)(O)OP(=O)(O)OP(=O)(O)O)O2)c1. The number of carbonyl (C=O) groups excluding carboxylic acids is 2. The second kappa shape index (κ2) is 19.1. The van der Waals surface area contributed by atoms with Crippen molar-refractivity contribution in [2.75, 3.05) is 13.2 Å². The first-order chi connectivity index (χ1) is 25.4. The number of amides is 1. The summed E-state index contributed by atoms with van der Waals surface area (Å²) in [4.78, 5) is 71.9. The standard InChI is InChI=1S/C32H38N3O16P3/c36-27(26-16-14-25(15-17-26)24-10-4-3-5-11-24)12-6-1-2-7-13-30(38)33-18-8-9-23-19-31(35(39)40)34(21-23)32-20-28(37)29(49-32)22-48-53(44,45)51-54(46,47)50-52(41,42)43/h3-5,10-11,14-17,19,21,28-29,32,37H,1-2,6-7,12-13,18,20,22H2,(H,33,38)(H,44,45)(H,46,47)(H2,41,42,43)/t28?,29-,32-/m1/s1. The number of aliphatic hydroxyl groups excluding tert-OH is 1. The maximum atomic E-state index is 12.6. The summed E-state index contributed by atoms with van der Waals surface area (Å²) in [5.41, 5.74) is 2.95. The molecule has 19 nitrogen and oxygen atoms in total. The van der Waals surface area contributed by atoms with Crippen LogP contribution in [0.2, 0.25) is 0 Å². The second-order valence-corrected chi connectivity index (χ2v) is 16.3. The van der Waals surface area contributed by atoms with Gasteiger partial charge >= 0.3 is 29.3 Å². The van der Waals surface area contributed by atoms with Gasteiger partial charge in [0.15, 0.2) is 5.78 Å². The van der Waals surface area contributed by atoms with E-state index in [1.165, 1.54) is 6.20 Å². The molecule has 292 valence electrons. The molecular weight excluding hydrogens is 775 g/mol. The van der Waals surface area contributed by atoms with Gasteiger partial charge in [0.05, 0.1) is 30.9 Å². The molecule has 3 aromatic rings. The molecule has 1 aromatic heterocycles. The third-order valence-electron chi connectivity index (χ3n) is 7.82. The van der Waals surface area contributed by atoms with Gasteiger partial charge in [-0.15, -0.1) is 0 Å². The van der Waals surface area contributed by atoms with Crippen LogP contribution in [0.3, 0.4) is 0 Å². The Morgan fingerprint density at radius 3 is 2.22 bits per heavy atom. The summed E-state index contributed by atoms with van der Waals surface area (Å²) >= 11 is 0.